The number of ketones is 1. The Morgan fingerprint density at radius 1 is 1.43 bits per heavy atom. The molecule has 3 heteroatoms. The van der Waals surface area contributed by atoms with Crippen molar-refractivity contribution in [2.45, 2.75) is 44.9 Å². The van der Waals surface area contributed by atoms with Gasteiger partial charge >= 0.3 is 0 Å². The molecule has 1 unspecified atom stereocenters. The second kappa shape index (κ2) is 5.08. The molecule has 1 rings (SSSR count). The number of rotatable bonds is 5. The molecule has 0 radical (unpaired) electrons. The molecule has 82 valence electrons. The van der Waals surface area contributed by atoms with Gasteiger partial charge in [0.25, 0.3) is 0 Å². The van der Waals surface area contributed by atoms with Crippen LogP contribution in [0.25, 0.3) is 0 Å². The van der Waals surface area contributed by atoms with Gasteiger partial charge in [-0.2, -0.15) is 0 Å². The lowest BCUT2D eigenvalue weighted by Gasteiger charge is -2.16. The van der Waals surface area contributed by atoms with Gasteiger partial charge < -0.3 is 4.74 Å². The number of hydrogen-bond acceptors (Lipinski definition) is 2. The summed E-state index contributed by atoms with van der Waals surface area (Å²) in [5.41, 5.74) is 0. The Balaban J connectivity index is 2.07. The minimum Gasteiger partial charge on any atom is -0.381 e. The first-order valence-electron chi connectivity index (χ1n) is 5.59. The second-order valence-electron chi connectivity index (χ2n) is 5.44. The van der Waals surface area contributed by atoms with Crippen LogP contribution in [0.4, 0.5) is 0 Å². The lowest BCUT2D eigenvalue weighted by molar-refractivity contribution is -0.122. The Kier molecular flexibility index (Phi) is 4.32. The van der Waals surface area contributed by atoms with Crippen molar-refractivity contribution in [3.05, 3.63) is 0 Å². The summed E-state index contributed by atoms with van der Waals surface area (Å²) in [6.45, 7) is 8.55. The van der Waals surface area contributed by atoms with Crippen molar-refractivity contribution < 1.29 is 9.53 Å². The fourth-order valence-corrected chi connectivity index (χ4v) is 2.42. The predicted molar refractivity (Wildman–Crippen MR) is 61.3 cm³/mol. The summed E-state index contributed by atoms with van der Waals surface area (Å²) in [6, 6.07) is 1.20. The molecule has 1 fully saturated rings. The van der Waals surface area contributed by atoms with Gasteiger partial charge in [-0.1, -0.05) is 19.6 Å². The molecule has 1 saturated carbocycles. The number of Topliss-reactive ketones (excluding diaryl/α,β-unsaturated/α-hetero) is 1. The Morgan fingerprint density at radius 2 is 2.14 bits per heavy atom. The van der Waals surface area contributed by atoms with Crippen molar-refractivity contribution in [1.82, 2.24) is 0 Å². The van der Waals surface area contributed by atoms with E-state index in [1.807, 2.05) is 0 Å². The maximum absolute atomic E-state index is 11.3. The zero-order valence-corrected chi connectivity index (χ0v) is 10.6. The van der Waals surface area contributed by atoms with E-state index in [1.54, 1.807) is 0 Å². The van der Waals surface area contributed by atoms with Crippen LogP contribution in [0.1, 0.15) is 19.3 Å². The SMILES string of the molecule is C[Si](C)(C)CCOCC1CCCC1=O. The van der Waals surface area contributed by atoms with Crippen LogP contribution in [0.3, 0.4) is 0 Å². The average Bonchev–Trinajstić information content (AvgIpc) is 2.44. The van der Waals surface area contributed by atoms with Gasteiger partial charge in [0.05, 0.1) is 6.61 Å². The average molecular weight is 214 g/mol. The molecule has 0 aromatic rings. The minimum atomic E-state index is -0.961. The third kappa shape index (κ3) is 4.38. The summed E-state index contributed by atoms with van der Waals surface area (Å²) in [6.07, 6.45) is 2.90. The molecular weight excluding hydrogens is 192 g/mol. The molecule has 0 heterocycles. The maximum atomic E-state index is 11.3. The molecule has 1 atom stereocenters. The largest absolute Gasteiger partial charge is 0.381 e. The quantitative estimate of drug-likeness (QED) is 0.519. The van der Waals surface area contributed by atoms with Gasteiger partial charge in [0.2, 0.25) is 0 Å². The van der Waals surface area contributed by atoms with Crippen molar-refractivity contribution >= 4 is 13.9 Å². The summed E-state index contributed by atoms with van der Waals surface area (Å²) in [7, 11) is -0.961. The van der Waals surface area contributed by atoms with Crippen LogP contribution < -0.4 is 0 Å². The van der Waals surface area contributed by atoms with E-state index in [4.69, 9.17) is 4.74 Å². The summed E-state index contributed by atoms with van der Waals surface area (Å²) < 4.78 is 5.58. The molecule has 14 heavy (non-hydrogen) atoms. The van der Waals surface area contributed by atoms with Crippen LogP contribution in [-0.4, -0.2) is 27.1 Å². The van der Waals surface area contributed by atoms with Crippen LogP contribution in [0, 0.1) is 5.92 Å². The lowest BCUT2D eigenvalue weighted by Crippen LogP contribution is -2.23. The zero-order valence-electron chi connectivity index (χ0n) is 9.64. The molecule has 2 nitrogen and oxygen atoms in total. The third-order valence-electron chi connectivity index (χ3n) is 2.75. The molecule has 0 spiro atoms. The fraction of sp³-hybridized carbons (Fsp3) is 0.909. The Bertz CT molecular complexity index is 196. The van der Waals surface area contributed by atoms with E-state index in [0.717, 1.165) is 25.9 Å². The minimum absolute atomic E-state index is 0.219. The van der Waals surface area contributed by atoms with Crippen LogP contribution in [-0.2, 0) is 9.53 Å². The van der Waals surface area contributed by atoms with Crippen molar-refractivity contribution in [2.75, 3.05) is 13.2 Å². The van der Waals surface area contributed by atoms with E-state index in [1.165, 1.54) is 6.04 Å². The standard InChI is InChI=1S/C11H22O2Si/c1-14(2,3)8-7-13-9-10-5-4-6-11(10)12/h10H,4-9H2,1-3H3. The molecule has 0 N–H and O–H groups in total. The highest BCUT2D eigenvalue weighted by Gasteiger charge is 2.24. The lowest BCUT2D eigenvalue weighted by atomic mass is 10.1. The van der Waals surface area contributed by atoms with E-state index in [9.17, 15) is 4.79 Å². The van der Waals surface area contributed by atoms with Gasteiger partial charge in [-0.25, -0.2) is 0 Å². The molecule has 1 aliphatic carbocycles. The molecular formula is C11H22O2Si. The third-order valence-corrected chi connectivity index (χ3v) is 4.45. The van der Waals surface area contributed by atoms with Gasteiger partial charge in [0.15, 0.2) is 0 Å². The summed E-state index contributed by atoms with van der Waals surface area (Å²) >= 11 is 0. The van der Waals surface area contributed by atoms with Crippen LogP contribution in [0.15, 0.2) is 0 Å². The normalized spacial score (nSPS) is 23.1. The van der Waals surface area contributed by atoms with Crippen LogP contribution in [0.2, 0.25) is 25.7 Å². The summed E-state index contributed by atoms with van der Waals surface area (Å²) in [5.74, 6) is 0.634. The van der Waals surface area contributed by atoms with E-state index in [0.29, 0.717) is 12.4 Å². The second-order valence-corrected chi connectivity index (χ2v) is 11.1. The highest BCUT2D eigenvalue weighted by atomic mass is 28.3. The molecule has 1 aliphatic rings. The van der Waals surface area contributed by atoms with Gasteiger partial charge in [0, 0.05) is 27.0 Å². The molecule has 0 bridgehead atoms. The van der Waals surface area contributed by atoms with Gasteiger partial charge in [-0.3, -0.25) is 4.79 Å². The number of ether oxygens (including phenoxy) is 1. The van der Waals surface area contributed by atoms with E-state index in [2.05, 4.69) is 19.6 Å². The highest BCUT2D eigenvalue weighted by Crippen LogP contribution is 2.21. The van der Waals surface area contributed by atoms with Gasteiger partial charge in [0.1, 0.15) is 5.78 Å². The zero-order chi connectivity index (χ0) is 10.6. The van der Waals surface area contributed by atoms with Crippen LogP contribution >= 0.6 is 0 Å². The van der Waals surface area contributed by atoms with Gasteiger partial charge in [-0.15, -0.1) is 0 Å². The molecule has 0 saturated heterocycles. The van der Waals surface area contributed by atoms with E-state index >= 15 is 0 Å². The Hall–Kier alpha value is -0.153. The highest BCUT2D eigenvalue weighted by molar-refractivity contribution is 6.76. The first-order valence-corrected chi connectivity index (χ1v) is 9.30. The first kappa shape index (κ1) is 11.9. The molecule has 0 aromatic carbocycles. The van der Waals surface area contributed by atoms with E-state index in [-0.39, 0.29) is 5.92 Å². The molecule has 0 amide bonds. The fourth-order valence-electron chi connectivity index (χ4n) is 1.67. The smallest absolute Gasteiger partial charge is 0.138 e. The van der Waals surface area contributed by atoms with Crippen molar-refractivity contribution in [3.63, 3.8) is 0 Å². The monoisotopic (exact) mass is 214 g/mol. The number of hydrogen-bond donors (Lipinski definition) is 0. The first-order chi connectivity index (χ1) is 6.49. The summed E-state index contributed by atoms with van der Waals surface area (Å²) in [4.78, 5) is 11.3. The molecule has 0 aliphatic heterocycles. The Labute approximate surface area is 88.0 Å². The topological polar surface area (TPSA) is 26.3 Å². The predicted octanol–water partition coefficient (Wildman–Crippen LogP) is 2.71. The van der Waals surface area contributed by atoms with Crippen LogP contribution in [0.5, 0.6) is 0 Å². The Morgan fingerprint density at radius 3 is 2.64 bits per heavy atom. The van der Waals surface area contributed by atoms with Crippen molar-refractivity contribution in [3.8, 4) is 0 Å². The number of carbonyl (C=O) groups excluding carboxylic acids is 1. The summed E-state index contributed by atoms with van der Waals surface area (Å²) in [5, 5.41) is 0. The number of carbonyl (C=O) groups is 1. The maximum Gasteiger partial charge on any atom is 0.138 e. The molecule has 0 aromatic heterocycles. The van der Waals surface area contributed by atoms with Crippen molar-refractivity contribution in [1.29, 1.82) is 0 Å². The van der Waals surface area contributed by atoms with Gasteiger partial charge in [-0.05, 0) is 18.9 Å². The van der Waals surface area contributed by atoms with Crippen molar-refractivity contribution in [2.24, 2.45) is 5.92 Å². The van der Waals surface area contributed by atoms with E-state index < -0.39 is 8.07 Å².